The maximum atomic E-state index is 11.2. The summed E-state index contributed by atoms with van der Waals surface area (Å²) in [5.74, 6) is 0.164. The van der Waals surface area contributed by atoms with E-state index in [1.54, 1.807) is 0 Å². The quantitative estimate of drug-likeness (QED) is 0.489. The Hall–Kier alpha value is -1.12. The van der Waals surface area contributed by atoms with E-state index in [-0.39, 0.29) is 11.8 Å². The first-order valence-electron chi connectivity index (χ1n) is 4.14. The highest BCUT2D eigenvalue weighted by molar-refractivity contribution is 5.88. The lowest BCUT2D eigenvalue weighted by atomic mass is 9.84. The Morgan fingerprint density at radius 3 is 2.75 bits per heavy atom. The number of hydrogen-bond acceptors (Lipinski definition) is 2. The molecule has 0 aliphatic heterocycles. The highest BCUT2D eigenvalue weighted by Gasteiger charge is 2.24. The van der Waals surface area contributed by atoms with Gasteiger partial charge in [-0.25, -0.2) is 0 Å². The molecule has 1 N–H and O–H groups in total. The van der Waals surface area contributed by atoms with Crippen molar-refractivity contribution in [3.8, 4) is 0 Å². The molecule has 0 radical (unpaired) electrons. The van der Waals surface area contributed by atoms with E-state index in [0.29, 0.717) is 12.3 Å². The Bertz CT molecular complexity index is 211. The first-order valence-corrected chi connectivity index (χ1v) is 4.14. The second-order valence-corrected chi connectivity index (χ2v) is 3.15. The summed E-state index contributed by atoms with van der Waals surface area (Å²) < 4.78 is 0. The Morgan fingerprint density at radius 2 is 2.17 bits per heavy atom. The lowest BCUT2D eigenvalue weighted by molar-refractivity contribution is -0.129. The van der Waals surface area contributed by atoms with E-state index < -0.39 is 0 Å². The van der Waals surface area contributed by atoms with E-state index in [4.69, 9.17) is 0 Å². The van der Waals surface area contributed by atoms with Gasteiger partial charge >= 0.3 is 0 Å². The molecule has 66 valence electrons. The van der Waals surface area contributed by atoms with E-state index in [1.165, 1.54) is 0 Å². The summed E-state index contributed by atoms with van der Waals surface area (Å²) in [6, 6.07) is 0. The molecule has 0 spiro atoms. The fraction of sp³-hybridized carbons (Fsp3) is 0.556. The van der Waals surface area contributed by atoms with Gasteiger partial charge in [0.25, 0.3) is 0 Å². The summed E-state index contributed by atoms with van der Waals surface area (Å²) in [6.45, 7) is 2.03. The van der Waals surface area contributed by atoms with E-state index in [9.17, 15) is 9.59 Å². The van der Waals surface area contributed by atoms with E-state index >= 15 is 0 Å². The largest absolute Gasteiger partial charge is 0.299 e. The molecule has 0 heterocycles. The van der Waals surface area contributed by atoms with Crippen molar-refractivity contribution in [2.45, 2.75) is 19.8 Å². The van der Waals surface area contributed by atoms with Crippen molar-refractivity contribution in [3.63, 3.8) is 0 Å². The third-order valence-electron chi connectivity index (χ3n) is 2.29. The van der Waals surface area contributed by atoms with Crippen molar-refractivity contribution in [3.05, 3.63) is 12.2 Å². The average molecular weight is 167 g/mol. The van der Waals surface area contributed by atoms with Crippen LogP contribution in [0.15, 0.2) is 12.2 Å². The molecule has 0 aromatic rings. The molecule has 1 aliphatic rings. The molecular weight excluding hydrogens is 154 g/mol. The van der Waals surface area contributed by atoms with Crippen LogP contribution in [0.4, 0.5) is 0 Å². The highest BCUT2D eigenvalue weighted by atomic mass is 16.2. The number of imide groups is 1. The monoisotopic (exact) mass is 167 g/mol. The predicted molar refractivity (Wildman–Crippen MR) is 45.2 cm³/mol. The minimum atomic E-state index is -0.151. The first-order chi connectivity index (χ1) is 5.75. The number of allylic oxidation sites excluding steroid dienone is 2. The van der Waals surface area contributed by atoms with Crippen molar-refractivity contribution >= 4 is 12.3 Å². The minimum absolute atomic E-state index is 0.0276. The van der Waals surface area contributed by atoms with Crippen LogP contribution in [0.2, 0.25) is 0 Å². The number of amides is 2. The zero-order valence-electron chi connectivity index (χ0n) is 7.12. The van der Waals surface area contributed by atoms with Crippen molar-refractivity contribution in [2.24, 2.45) is 11.8 Å². The molecule has 1 rings (SSSR count). The van der Waals surface area contributed by atoms with Crippen LogP contribution in [0.3, 0.4) is 0 Å². The van der Waals surface area contributed by atoms with Gasteiger partial charge in [-0.1, -0.05) is 19.1 Å². The van der Waals surface area contributed by atoms with Gasteiger partial charge in [0.1, 0.15) is 0 Å². The number of nitrogens with one attached hydrogen (secondary N) is 1. The topological polar surface area (TPSA) is 46.2 Å². The molecule has 1 aliphatic carbocycles. The summed E-state index contributed by atoms with van der Waals surface area (Å²) in [6.07, 6.45) is 6.20. The van der Waals surface area contributed by atoms with Gasteiger partial charge in [0, 0.05) is 5.92 Å². The Morgan fingerprint density at radius 1 is 1.50 bits per heavy atom. The third-order valence-corrected chi connectivity index (χ3v) is 2.29. The van der Waals surface area contributed by atoms with Gasteiger partial charge in [-0.3, -0.25) is 14.9 Å². The molecule has 3 heteroatoms. The fourth-order valence-electron chi connectivity index (χ4n) is 1.48. The van der Waals surface area contributed by atoms with Gasteiger partial charge in [0.15, 0.2) is 0 Å². The molecule has 0 aromatic carbocycles. The van der Waals surface area contributed by atoms with Gasteiger partial charge in [-0.2, -0.15) is 0 Å². The molecule has 0 saturated carbocycles. The molecule has 0 saturated heterocycles. The van der Waals surface area contributed by atoms with Gasteiger partial charge in [0.2, 0.25) is 12.3 Å². The molecule has 2 amide bonds. The van der Waals surface area contributed by atoms with E-state index in [0.717, 1.165) is 12.8 Å². The normalized spacial score (nSPS) is 28.1. The summed E-state index contributed by atoms with van der Waals surface area (Å²) in [5, 5.41) is 2.19. The van der Waals surface area contributed by atoms with Crippen molar-refractivity contribution < 1.29 is 9.59 Å². The summed E-state index contributed by atoms with van der Waals surface area (Å²) in [7, 11) is 0. The molecular formula is C9H13NO2. The fourth-order valence-corrected chi connectivity index (χ4v) is 1.48. The number of hydrogen-bond donors (Lipinski definition) is 1. The Balaban J connectivity index is 2.55. The summed E-state index contributed by atoms with van der Waals surface area (Å²) in [4.78, 5) is 21.2. The number of rotatable bonds is 2. The van der Waals surface area contributed by atoms with Crippen LogP contribution in [-0.2, 0) is 9.59 Å². The molecule has 3 nitrogen and oxygen atoms in total. The Kier molecular flexibility index (Phi) is 3.02. The highest BCUT2D eigenvalue weighted by Crippen LogP contribution is 2.24. The van der Waals surface area contributed by atoms with Crippen LogP contribution in [0.25, 0.3) is 0 Å². The summed E-state index contributed by atoms with van der Waals surface area (Å²) >= 11 is 0. The van der Waals surface area contributed by atoms with Gasteiger partial charge < -0.3 is 0 Å². The van der Waals surface area contributed by atoms with Crippen LogP contribution in [0, 0.1) is 11.8 Å². The molecule has 2 atom stereocenters. The van der Waals surface area contributed by atoms with Crippen molar-refractivity contribution in [1.29, 1.82) is 0 Å². The standard InChI is InChI=1S/C9H13NO2/c1-7-4-2-3-5-8(7)9(12)10-6-11/h2-3,6-8H,4-5H2,1H3,(H,10,11,12)/t7-,8+/m0/s1. The van der Waals surface area contributed by atoms with Crippen LogP contribution in [0.5, 0.6) is 0 Å². The second-order valence-electron chi connectivity index (χ2n) is 3.15. The van der Waals surface area contributed by atoms with E-state index in [1.807, 2.05) is 13.0 Å². The molecule has 0 aromatic heterocycles. The zero-order chi connectivity index (χ0) is 8.97. The zero-order valence-corrected chi connectivity index (χ0v) is 7.12. The van der Waals surface area contributed by atoms with Crippen LogP contribution in [0.1, 0.15) is 19.8 Å². The molecule has 0 unspecified atom stereocenters. The molecule has 0 bridgehead atoms. The van der Waals surface area contributed by atoms with E-state index in [2.05, 4.69) is 11.4 Å². The average Bonchev–Trinajstić information content (AvgIpc) is 2.05. The lowest BCUT2D eigenvalue weighted by Crippen LogP contribution is -2.33. The predicted octanol–water partition coefficient (Wildman–Crippen LogP) is 0.861. The van der Waals surface area contributed by atoms with Gasteiger partial charge in [-0.05, 0) is 18.8 Å². The summed E-state index contributed by atoms with van der Waals surface area (Å²) in [5.41, 5.74) is 0. The lowest BCUT2D eigenvalue weighted by Gasteiger charge is -2.22. The van der Waals surface area contributed by atoms with Crippen molar-refractivity contribution in [2.75, 3.05) is 0 Å². The van der Waals surface area contributed by atoms with Crippen molar-refractivity contribution in [1.82, 2.24) is 5.32 Å². The minimum Gasteiger partial charge on any atom is -0.299 e. The second kappa shape index (κ2) is 4.04. The van der Waals surface area contributed by atoms with Crippen LogP contribution in [-0.4, -0.2) is 12.3 Å². The molecule has 0 fully saturated rings. The van der Waals surface area contributed by atoms with Crippen LogP contribution < -0.4 is 5.32 Å². The molecule has 12 heavy (non-hydrogen) atoms. The first kappa shape index (κ1) is 8.97. The maximum absolute atomic E-state index is 11.2. The SMILES string of the molecule is C[C@H]1CC=CC[C@H]1C(=O)NC=O. The van der Waals surface area contributed by atoms with Crippen LogP contribution >= 0.6 is 0 Å². The van der Waals surface area contributed by atoms with Gasteiger partial charge in [0.05, 0.1) is 0 Å². The third kappa shape index (κ3) is 1.94. The smallest absolute Gasteiger partial charge is 0.230 e. The number of carbonyl (C=O) groups is 2. The number of carbonyl (C=O) groups excluding carboxylic acids is 2. The van der Waals surface area contributed by atoms with Gasteiger partial charge in [-0.15, -0.1) is 0 Å². The Labute approximate surface area is 71.8 Å². The maximum Gasteiger partial charge on any atom is 0.230 e.